The van der Waals surface area contributed by atoms with Crippen LogP contribution in [-0.4, -0.2) is 28.7 Å². The number of nitrogens with one attached hydrogen (secondary N) is 2. The number of rotatable bonds is 4. The summed E-state index contributed by atoms with van der Waals surface area (Å²) in [7, 11) is 0. The normalized spacial score (nSPS) is 22.7. The van der Waals surface area contributed by atoms with Crippen molar-refractivity contribution in [3.8, 4) is 0 Å². The number of hydrogen-bond acceptors (Lipinski definition) is 5. The molecule has 1 fully saturated rings. The second kappa shape index (κ2) is 7.25. The molecule has 0 bridgehead atoms. The molecule has 3 amide bonds. The zero-order valence-electron chi connectivity index (χ0n) is 16.6. The van der Waals surface area contributed by atoms with Gasteiger partial charge in [-0.15, -0.1) is 0 Å². The Labute approximate surface area is 174 Å². The van der Waals surface area contributed by atoms with Gasteiger partial charge in [0.15, 0.2) is 0 Å². The van der Waals surface area contributed by atoms with Crippen LogP contribution in [0.5, 0.6) is 0 Å². The Morgan fingerprint density at radius 2 is 1.93 bits per heavy atom. The van der Waals surface area contributed by atoms with E-state index in [-0.39, 0.29) is 30.2 Å². The van der Waals surface area contributed by atoms with Crippen molar-refractivity contribution in [3.63, 3.8) is 0 Å². The predicted octanol–water partition coefficient (Wildman–Crippen LogP) is 2.01. The molecule has 5 rings (SSSR count). The lowest BCUT2D eigenvalue weighted by Gasteiger charge is -2.29. The monoisotopic (exact) mass is 404 g/mol. The van der Waals surface area contributed by atoms with Crippen molar-refractivity contribution >= 4 is 23.4 Å². The van der Waals surface area contributed by atoms with E-state index >= 15 is 0 Å². The Hall–Kier alpha value is -3.19. The highest BCUT2D eigenvalue weighted by molar-refractivity contribution is 6.06. The van der Waals surface area contributed by atoms with Gasteiger partial charge in [0.2, 0.25) is 11.8 Å². The Morgan fingerprint density at radius 1 is 1.07 bits per heavy atom. The number of amides is 3. The summed E-state index contributed by atoms with van der Waals surface area (Å²) in [5.74, 6) is -0.811. The second-order valence-electron chi connectivity index (χ2n) is 8.26. The van der Waals surface area contributed by atoms with E-state index in [2.05, 4.69) is 28.8 Å². The maximum absolute atomic E-state index is 13.2. The van der Waals surface area contributed by atoms with Gasteiger partial charge < -0.3 is 16.0 Å². The number of fused-ring (bicyclic) bond motifs is 2. The molecule has 2 aromatic rings. The lowest BCUT2D eigenvalue weighted by Crippen LogP contribution is -2.52. The average Bonchev–Trinajstić information content (AvgIpc) is 3.27. The molecule has 4 N–H and O–H groups in total. The minimum atomic E-state index is -0.596. The van der Waals surface area contributed by atoms with E-state index in [9.17, 15) is 14.4 Å². The molecule has 2 aromatic carbocycles. The first-order chi connectivity index (χ1) is 14.5. The molecule has 2 heterocycles. The minimum Gasteiger partial charge on any atom is -0.381 e. The van der Waals surface area contributed by atoms with Gasteiger partial charge in [-0.2, -0.15) is 0 Å². The zero-order valence-corrected chi connectivity index (χ0v) is 16.6. The highest BCUT2D eigenvalue weighted by Crippen LogP contribution is 2.33. The maximum atomic E-state index is 13.2. The number of carbonyl (C=O) groups excluding carboxylic acids is 3. The Bertz CT molecular complexity index is 1060. The van der Waals surface area contributed by atoms with Crippen molar-refractivity contribution in [1.82, 2.24) is 10.2 Å². The summed E-state index contributed by atoms with van der Waals surface area (Å²) < 4.78 is 0. The molecule has 7 heteroatoms. The Kier molecular flexibility index (Phi) is 4.55. The highest BCUT2D eigenvalue weighted by Gasteiger charge is 2.39. The fourth-order valence-corrected chi connectivity index (χ4v) is 4.78. The van der Waals surface area contributed by atoms with Crippen LogP contribution >= 0.6 is 0 Å². The average molecular weight is 404 g/mol. The lowest BCUT2D eigenvalue weighted by atomic mass is 10.0. The number of piperidine rings is 1. The summed E-state index contributed by atoms with van der Waals surface area (Å²) in [6, 6.07) is 11.6. The van der Waals surface area contributed by atoms with E-state index in [1.54, 1.807) is 4.90 Å². The zero-order chi connectivity index (χ0) is 20.8. The number of imide groups is 1. The summed E-state index contributed by atoms with van der Waals surface area (Å²) in [4.78, 5) is 38.5. The molecule has 2 atom stereocenters. The van der Waals surface area contributed by atoms with E-state index in [0.29, 0.717) is 25.1 Å². The number of nitrogens with zero attached hydrogens (tertiary/aromatic N) is 1. The number of nitrogens with two attached hydrogens (primary N) is 1. The molecular weight excluding hydrogens is 380 g/mol. The van der Waals surface area contributed by atoms with Gasteiger partial charge >= 0.3 is 0 Å². The molecule has 2 unspecified atom stereocenters. The number of hydrogen-bond donors (Lipinski definition) is 3. The molecule has 7 nitrogen and oxygen atoms in total. The fraction of sp³-hybridized carbons (Fsp3) is 0.348. The van der Waals surface area contributed by atoms with Crippen molar-refractivity contribution in [2.45, 2.75) is 50.9 Å². The Balaban J connectivity index is 1.35. The van der Waals surface area contributed by atoms with Crippen LogP contribution < -0.4 is 16.4 Å². The van der Waals surface area contributed by atoms with Crippen LogP contribution in [0.15, 0.2) is 36.4 Å². The van der Waals surface area contributed by atoms with Crippen LogP contribution in [-0.2, 0) is 29.1 Å². The second-order valence-corrected chi connectivity index (χ2v) is 8.26. The van der Waals surface area contributed by atoms with Gasteiger partial charge in [-0.3, -0.25) is 19.7 Å². The predicted molar refractivity (Wildman–Crippen MR) is 112 cm³/mol. The SMILES string of the molecule is NC1CCc2ccc(NCc3cccc4c3C(=O)N(C3CCC(=O)NC3=O)C4)cc21. The van der Waals surface area contributed by atoms with Crippen molar-refractivity contribution in [2.24, 2.45) is 5.73 Å². The van der Waals surface area contributed by atoms with Crippen molar-refractivity contribution in [1.29, 1.82) is 0 Å². The quantitative estimate of drug-likeness (QED) is 0.676. The van der Waals surface area contributed by atoms with Crippen LogP contribution in [0.4, 0.5) is 5.69 Å². The van der Waals surface area contributed by atoms with E-state index in [4.69, 9.17) is 5.73 Å². The smallest absolute Gasteiger partial charge is 0.255 e. The summed E-state index contributed by atoms with van der Waals surface area (Å²) in [5.41, 5.74) is 12.1. The highest BCUT2D eigenvalue weighted by atomic mass is 16.2. The summed E-state index contributed by atoms with van der Waals surface area (Å²) >= 11 is 0. The van der Waals surface area contributed by atoms with Crippen molar-refractivity contribution in [2.75, 3.05) is 5.32 Å². The molecule has 30 heavy (non-hydrogen) atoms. The van der Waals surface area contributed by atoms with Crippen LogP contribution in [0.25, 0.3) is 0 Å². The Morgan fingerprint density at radius 3 is 2.77 bits per heavy atom. The maximum Gasteiger partial charge on any atom is 0.255 e. The molecule has 1 saturated heterocycles. The minimum absolute atomic E-state index is 0.0892. The van der Waals surface area contributed by atoms with Gasteiger partial charge in [-0.05, 0) is 53.6 Å². The van der Waals surface area contributed by atoms with Gasteiger partial charge in [0, 0.05) is 36.8 Å². The third kappa shape index (κ3) is 3.15. The molecule has 1 aliphatic carbocycles. The van der Waals surface area contributed by atoms with E-state index in [0.717, 1.165) is 29.7 Å². The first-order valence-corrected chi connectivity index (χ1v) is 10.4. The standard InChI is InChI=1S/C23H24N4O3/c24-18-7-5-13-4-6-16(10-17(13)18)25-11-14-2-1-3-15-12-27(23(30)21(14)15)19-8-9-20(28)26-22(19)29/h1-4,6,10,18-19,25H,5,7-9,11-12,24H2,(H,26,28,29). The molecule has 154 valence electrons. The van der Waals surface area contributed by atoms with Gasteiger partial charge in [-0.1, -0.05) is 24.3 Å². The first-order valence-electron chi connectivity index (χ1n) is 10.4. The van der Waals surface area contributed by atoms with Crippen LogP contribution in [0.3, 0.4) is 0 Å². The number of anilines is 1. The van der Waals surface area contributed by atoms with Crippen LogP contribution in [0.1, 0.15) is 57.9 Å². The van der Waals surface area contributed by atoms with Gasteiger partial charge in [0.05, 0.1) is 0 Å². The molecule has 0 spiro atoms. The van der Waals surface area contributed by atoms with Gasteiger partial charge in [0.1, 0.15) is 6.04 Å². The largest absolute Gasteiger partial charge is 0.381 e. The lowest BCUT2D eigenvalue weighted by molar-refractivity contribution is -0.136. The summed E-state index contributed by atoms with van der Waals surface area (Å²) in [6.07, 6.45) is 2.63. The molecule has 0 aromatic heterocycles. The molecule has 2 aliphatic heterocycles. The number of benzene rings is 2. The number of carbonyl (C=O) groups is 3. The van der Waals surface area contributed by atoms with Crippen LogP contribution in [0, 0.1) is 0 Å². The van der Waals surface area contributed by atoms with E-state index < -0.39 is 6.04 Å². The van der Waals surface area contributed by atoms with E-state index in [1.165, 1.54) is 11.1 Å². The fourth-order valence-electron chi connectivity index (χ4n) is 4.78. The van der Waals surface area contributed by atoms with Gasteiger partial charge in [-0.25, -0.2) is 0 Å². The third-order valence-corrected chi connectivity index (χ3v) is 6.39. The molecule has 0 saturated carbocycles. The molecular formula is C23H24N4O3. The third-order valence-electron chi connectivity index (χ3n) is 6.39. The van der Waals surface area contributed by atoms with Crippen LogP contribution in [0.2, 0.25) is 0 Å². The summed E-state index contributed by atoms with van der Waals surface area (Å²) in [5, 5.41) is 5.76. The number of aryl methyl sites for hydroxylation is 1. The first kappa shape index (κ1) is 18.8. The van der Waals surface area contributed by atoms with E-state index in [1.807, 2.05) is 18.2 Å². The van der Waals surface area contributed by atoms with Crippen molar-refractivity contribution in [3.05, 3.63) is 64.2 Å². The van der Waals surface area contributed by atoms with Crippen molar-refractivity contribution < 1.29 is 14.4 Å². The molecule has 3 aliphatic rings. The summed E-state index contributed by atoms with van der Waals surface area (Å²) in [6.45, 7) is 0.897. The molecule has 0 radical (unpaired) electrons. The van der Waals surface area contributed by atoms with Gasteiger partial charge in [0.25, 0.3) is 5.91 Å². The topological polar surface area (TPSA) is 105 Å².